The van der Waals surface area contributed by atoms with Crippen molar-refractivity contribution in [3.63, 3.8) is 0 Å². The van der Waals surface area contributed by atoms with Crippen molar-refractivity contribution in [3.8, 4) is 0 Å². The average Bonchev–Trinajstić information content (AvgIpc) is 2.62. The number of rotatable bonds is 4. The maximum absolute atomic E-state index is 10.9. The van der Waals surface area contributed by atoms with Gasteiger partial charge < -0.3 is 16.2 Å². The van der Waals surface area contributed by atoms with E-state index in [2.05, 4.69) is 10.4 Å². The predicted molar refractivity (Wildman–Crippen MR) is 75.0 cm³/mol. The first-order valence-corrected chi connectivity index (χ1v) is 6.32. The van der Waals surface area contributed by atoms with Crippen LogP contribution < -0.4 is 11.1 Å². The Hall–Kier alpha value is -1.72. The summed E-state index contributed by atoms with van der Waals surface area (Å²) in [6.07, 6.45) is 2.98. The molecule has 0 saturated heterocycles. The van der Waals surface area contributed by atoms with Crippen LogP contribution in [-0.2, 0) is 5.54 Å². The highest BCUT2D eigenvalue weighted by molar-refractivity contribution is 5.65. The van der Waals surface area contributed by atoms with Gasteiger partial charge in [-0.05, 0) is 25.7 Å². The zero-order valence-electron chi connectivity index (χ0n) is 12.3. The molecular weight excluding hydrogens is 244 g/mol. The van der Waals surface area contributed by atoms with E-state index < -0.39 is 6.09 Å². The molecule has 1 amide bonds. The molecule has 6 heteroatoms. The van der Waals surface area contributed by atoms with Crippen molar-refractivity contribution in [1.29, 1.82) is 0 Å². The minimum absolute atomic E-state index is 0.172. The van der Waals surface area contributed by atoms with Gasteiger partial charge in [-0.25, -0.2) is 4.79 Å². The largest absolute Gasteiger partial charge is 0.465 e. The highest BCUT2D eigenvalue weighted by Gasteiger charge is 2.33. The molecule has 1 atom stereocenters. The van der Waals surface area contributed by atoms with E-state index >= 15 is 0 Å². The highest BCUT2D eigenvalue weighted by Crippen LogP contribution is 2.30. The lowest BCUT2D eigenvalue weighted by molar-refractivity contribution is 0.149. The van der Waals surface area contributed by atoms with Crippen LogP contribution in [0.15, 0.2) is 12.4 Å². The molecule has 0 aliphatic carbocycles. The Morgan fingerprint density at radius 1 is 1.47 bits per heavy atom. The average molecular weight is 268 g/mol. The topological polar surface area (TPSA) is 93.2 Å². The molecule has 0 radical (unpaired) electrons. The maximum atomic E-state index is 10.9. The molecule has 6 nitrogen and oxygen atoms in total. The fourth-order valence-electron chi connectivity index (χ4n) is 1.98. The molecule has 1 aromatic heterocycles. The molecule has 0 bridgehead atoms. The molecule has 19 heavy (non-hydrogen) atoms. The van der Waals surface area contributed by atoms with Crippen LogP contribution in [0.3, 0.4) is 0 Å². The minimum atomic E-state index is -1.00. The standard InChI is InChI=1S/C13H24N4O2/c1-12(2,3)10(16-11(18)19)6-13(4,5)17-8-9(14)7-15-17/h7-8,10,16H,6,14H2,1-5H3,(H,18,19). The monoisotopic (exact) mass is 268 g/mol. The van der Waals surface area contributed by atoms with E-state index in [1.165, 1.54) is 0 Å². The van der Waals surface area contributed by atoms with Crippen molar-refractivity contribution >= 4 is 11.8 Å². The van der Waals surface area contributed by atoms with Gasteiger partial charge in [-0.3, -0.25) is 4.68 Å². The first kappa shape index (κ1) is 15.3. The number of nitrogen functional groups attached to an aromatic ring is 1. The van der Waals surface area contributed by atoms with E-state index in [-0.39, 0.29) is 17.0 Å². The zero-order chi connectivity index (χ0) is 14.8. The Kier molecular flexibility index (Phi) is 4.12. The van der Waals surface area contributed by atoms with Gasteiger partial charge in [0.25, 0.3) is 0 Å². The van der Waals surface area contributed by atoms with Crippen LogP contribution in [-0.4, -0.2) is 27.0 Å². The number of carbonyl (C=O) groups is 1. The lowest BCUT2D eigenvalue weighted by atomic mass is 9.79. The summed E-state index contributed by atoms with van der Waals surface area (Å²) in [4.78, 5) is 10.9. The number of hydrogen-bond donors (Lipinski definition) is 3. The van der Waals surface area contributed by atoms with E-state index in [1.54, 1.807) is 17.1 Å². The molecule has 0 aromatic carbocycles. The summed E-state index contributed by atoms with van der Waals surface area (Å²) in [6, 6.07) is -0.176. The molecule has 0 fully saturated rings. The quantitative estimate of drug-likeness (QED) is 0.781. The fourth-order valence-corrected chi connectivity index (χ4v) is 1.98. The van der Waals surface area contributed by atoms with Gasteiger partial charge in [0.05, 0.1) is 17.4 Å². The summed E-state index contributed by atoms with van der Waals surface area (Å²) in [5.74, 6) is 0. The van der Waals surface area contributed by atoms with Crippen LogP contribution in [0.1, 0.15) is 41.0 Å². The van der Waals surface area contributed by atoms with E-state index in [4.69, 9.17) is 10.8 Å². The number of hydrogen-bond acceptors (Lipinski definition) is 3. The van der Waals surface area contributed by atoms with Gasteiger partial charge in [0.15, 0.2) is 0 Å². The second-order valence-electron chi connectivity index (χ2n) is 6.60. The number of anilines is 1. The van der Waals surface area contributed by atoms with Gasteiger partial charge >= 0.3 is 6.09 Å². The van der Waals surface area contributed by atoms with Crippen molar-refractivity contribution in [3.05, 3.63) is 12.4 Å². The molecule has 1 aromatic rings. The highest BCUT2D eigenvalue weighted by atomic mass is 16.4. The lowest BCUT2D eigenvalue weighted by Crippen LogP contribution is -2.47. The number of amides is 1. The molecule has 4 N–H and O–H groups in total. The number of aromatic nitrogens is 2. The number of nitrogens with two attached hydrogens (primary N) is 1. The van der Waals surface area contributed by atoms with Gasteiger partial charge in [0.1, 0.15) is 0 Å². The van der Waals surface area contributed by atoms with Crippen molar-refractivity contribution in [2.45, 2.75) is 52.6 Å². The van der Waals surface area contributed by atoms with E-state index in [0.717, 1.165) is 0 Å². The van der Waals surface area contributed by atoms with Gasteiger partial charge in [0.2, 0.25) is 0 Å². The van der Waals surface area contributed by atoms with Crippen LogP contribution in [0.2, 0.25) is 0 Å². The summed E-state index contributed by atoms with van der Waals surface area (Å²) >= 11 is 0. The Morgan fingerprint density at radius 3 is 2.42 bits per heavy atom. The van der Waals surface area contributed by atoms with Crippen molar-refractivity contribution in [2.75, 3.05) is 5.73 Å². The predicted octanol–water partition coefficient (Wildman–Crippen LogP) is 2.27. The summed E-state index contributed by atoms with van der Waals surface area (Å²) < 4.78 is 1.78. The number of nitrogens with one attached hydrogen (secondary N) is 1. The molecule has 1 rings (SSSR count). The summed E-state index contributed by atoms with van der Waals surface area (Å²) in [5, 5.41) is 15.8. The van der Waals surface area contributed by atoms with Crippen LogP contribution in [0.5, 0.6) is 0 Å². The van der Waals surface area contributed by atoms with Gasteiger partial charge in [-0.1, -0.05) is 20.8 Å². The fraction of sp³-hybridized carbons (Fsp3) is 0.692. The van der Waals surface area contributed by atoms with Gasteiger partial charge in [-0.2, -0.15) is 5.10 Å². The number of carboxylic acid groups (broad SMARTS) is 1. The third kappa shape index (κ3) is 4.15. The van der Waals surface area contributed by atoms with Crippen molar-refractivity contribution in [2.24, 2.45) is 5.41 Å². The van der Waals surface area contributed by atoms with Crippen LogP contribution in [0, 0.1) is 5.41 Å². The Morgan fingerprint density at radius 2 is 2.05 bits per heavy atom. The molecule has 0 aliphatic heterocycles. The molecule has 0 spiro atoms. The Bertz CT molecular complexity index is 446. The Labute approximate surface area is 114 Å². The minimum Gasteiger partial charge on any atom is -0.465 e. The summed E-state index contributed by atoms with van der Waals surface area (Å²) in [5.41, 5.74) is 5.79. The van der Waals surface area contributed by atoms with Gasteiger partial charge in [0, 0.05) is 12.2 Å². The molecule has 0 saturated carbocycles. The maximum Gasteiger partial charge on any atom is 0.404 e. The second-order valence-corrected chi connectivity index (χ2v) is 6.60. The molecule has 1 unspecified atom stereocenters. The van der Waals surface area contributed by atoms with Crippen LogP contribution in [0.25, 0.3) is 0 Å². The summed E-state index contributed by atoms with van der Waals surface area (Å²) in [7, 11) is 0. The number of nitrogens with zero attached hydrogens (tertiary/aromatic N) is 2. The van der Waals surface area contributed by atoms with E-state index in [0.29, 0.717) is 12.1 Å². The zero-order valence-corrected chi connectivity index (χ0v) is 12.3. The first-order chi connectivity index (χ1) is 8.52. The normalized spacial score (nSPS) is 14.2. The van der Waals surface area contributed by atoms with E-state index in [1.807, 2.05) is 34.6 Å². The smallest absolute Gasteiger partial charge is 0.404 e. The lowest BCUT2D eigenvalue weighted by Gasteiger charge is -2.37. The Balaban J connectivity index is 2.91. The molecule has 0 aliphatic rings. The van der Waals surface area contributed by atoms with Gasteiger partial charge in [-0.15, -0.1) is 0 Å². The van der Waals surface area contributed by atoms with E-state index in [9.17, 15) is 4.79 Å². The third-order valence-electron chi connectivity index (χ3n) is 3.27. The molecule has 108 valence electrons. The van der Waals surface area contributed by atoms with Crippen LogP contribution in [0.4, 0.5) is 10.5 Å². The second kappa shape index (κ2) is 5.11. The first-order valence-electron chi connectivity index (χ1n) is 6.32. The van der Waals surface area contributed by atoms with Crippen molar-refractivity contribution in [1.82, 2.24) is 15.1 Å². The molecule has 1 heterocycles. The third-order valence-corrected chi connectivity index (χ3v) is 3.27. The summed E-state index contributed by atoms with van der Waals surface area (Å²) in [6.45, 7) is 10.1. The van der Waals surface area contributed by atoms with Crippen molar-refractivity contribution < 1.29 is 9.90 Å². The molecular formula is C13H24N4O2. The SMILES string of the molecule is CC(C)(C)C(CC(C)(C)n1cc(N)cn1)NC(=O)O. The van der Waals surface area contributed by atoms with Crippen LogP contribution >= 0.6 is 0 Å².